The molecule has 1 aromatic heterocycles. The van der Waals surface area contributed by atoms with E-state index in [0.29, 0.717) is 29.5 Å². The summed E-state index contributed by atoms with van der Waals surface area (Å²) in [6.45, 7) is 6.76. The Morgan fingerprint density at radius 1 is 1.00 bits per heavy atom. The van der Waals surface area contributed by atoms with Crippen molar-refractivity contribution in [2.24, 2.45) is 0 Å². The third-order valence-corrected chi connectivity index (χ3v) is 6.06. The SMILES string of the molecule is COc1ccc(NC(=O)N2CCN(c3cc(C)nc(N4CCCCC4)n3)CC2)cc1Cl. The van der Waals surface area contributed by atoms with Crippen LogP contribution in [0.4, 0.5) is 22.2 Å². The zero-order valence-electron chi connectivity index (χ0n) is 18.1. The zero-order chi connectivity index (χ0) is 21.8. The van der Waals surface area contributed by atoms with Gasteiger partial charge in [0.25, 0.3) is 0 Å². The van der Waals surface area contributed by atoms with Gasteiger partial charge in [0.2, 0.25) is 5.95 Å². The number of rotatable bonds is 4. The van der Waals surface area contributed by atoms with Crippen molar-refractivity contribution in [3.63, 3.8) is 0 Å². The molecule has 4 rings (SSSR count). The smallest absolute Gasteiger partial charge is 0.321 e. The summed E-state index contributed by atoms with van der Waals surface area (Å²) in [4.78, 5) is 28.5. The van der Waals surface area contributed by atoms with Crippen molar-refractivity contribution in [2.75, 3.05) is 61.5 Å². The van der Waals surface area contributed by atoms with Crippen molar-refractivity contribution in [1.29, 1.82) is 0 Å². The molecule has 0 saturated carbocycles. The van der Waals surface area contributed by atoms with Crippen LogP contribution in [0, 0.1) is 6.92 Å². The highest BCUT2D eigenvalue weighted by atomic mass is 35.5. The minimum absolute atomic E-state index is 0.131. The highest BCUT2D eigenvalue weighted by molar-refractivity contribution is 6.32. The molecule has 0 unspecified atom stereocenters. The number of ether oxygens (including phenoxy) is 1. The topological polar surface area (TPSA) is 73.8 Å². The predicted octanol–water partition coefficient (Wildman–Crippen LogP) is 3.79. The van der Waals surface area contributed by atoms with E-state index in [9.17, 15) is 4.79 Å². The Hall–Kier alpha value is -2.74. The molecule has 0 aliphatic carbocycles. The highest BCUT2D eigenvalue weighted by Gasteiger charge is 2.24. The van der Waals surface area contributed by atoms with Crippen molar-refractivity contribution in [3.8, 4) is 5.75 Å². The molecule has 31 heavy (non-hydrogen) atoms. The number of piperazine rings is 1. The molecule has 0 atom stereocenters. The number of anilines is 3. The standard InChI is InChI=1S/C22H29ClN6O2/c1-16-14-20(26-21(24-16)28-8-4-3-5-9-28)27-10-12-29(13-11-27)22(30)25-17-6-7-19(31-2)18(23)15-17/h6-7,14-15H,3-5,8-13H2,1-2H3,(H,25,30). The van der Waals surface area contributed by atoms with Gasteiger partial charge in [-0.3, -0.25) is 0 Å². The summed E-state index contributed by atoms with van der Waals surface area (Å²) in [5, 5.41) is 3.38. The van der Waals surface area contributed by atoms with E-state index in [1.54, 1.807) is 25.3 Å². The molecule has 9 heteroatoms. The number of benzene rings is 1. The summed E-state index contributed by atoms with van der Waals surface area (Å²) in [6, 6.07) is 7.12. The van der Waals surface area contributed by atoms with Gasteiger partial charge in [0.1, 0.15) is 11.6 Å². The molecule has 2 aromatic rings. The fraction of sp³-hybridized carbons (Fsp3) is 0.500. The molecular weight excluding hydrogens is 416 g/mol. The zero-order valence-corrected chi connectivity index (χ0v) is 18.9. The number of aromatic nitrogens is 2. The first-order valence-electron chi connectivity index (χ1n) is 10.8. The van der Waals surface area contributed by atoms with Gasteiger partial charge < -0.3 is 24.8 Å². The molecule has 2 amide bonds. The van der Waals surface area contributed by atoms with Gasteiger partial charge in [-0.1, -0.05) is 11.6 Å². The Kier molecular flexibility index (Phi) is 6.65. The fourth-order valence-electron chi connectivity index (χ4n) is 4.02. The predicted molar refractivity (Wildman–Crippen MR) is 124 cm³/mol. The normalized spacial score (nSPS) is 16.9. The van der Waals surface area contributed by atoms with Crippen LogP contribution >= 0.6 is 11.6 Å². The van der Waals surface area contributed by atoms with Gasteiger partial charge in [-0.2, -0.15) is 4.98 Å². The van der Waals surface area contributed by atoms with E-state index in [1.165, 1.54) is 19.3 Å². The second-order valence-electron chi connectivity index (χ2n) is 7.97. The number of methoxy groups -OCH3 is 1. The second kappa shape index (κ2) is 9.60. The minimum Gasteiger partial charge on any atom is -0.495 e. The van der Waals surface area contributed by atoms with Gasteiger partial charge in [0.15, 0.2) is 0 Å². The summed E-state index contributed by atoms with van der Waals surface area (Å²) in [7, 11) is 1.56. The Balaban J connectivity index is 1.36. The van der Waals surface area contributed by atoms with Crippen molar-refractivity contribution in [1.82, 2.24) is 14.9 Å². The van der Waals surface area contributed by atoms with Crippen LogP contribution in [0.25, 0.3) is 0 Å². The van der Waals surface area contributed by atoms with E-state index in [0.717, 1.165) is 43.6 Å². The molecule has 1 aromatic carbocycles. The van der Waals surface area contributed by atoms with E-state index in [-0.39, 0.29) is 6.03 Å². The van der Waals surface area contributed by atoms with Gasteiger partial charge >= 0.3 is 6.03 Å². The second-order valence-corrected chi connectivity index (χ2v) is 8.38. The number of carbonyl (C=O) groups excluding carboxylic acids is 1. The first kappa shape index (κ1) is 21.5. The number of piperidine rings is 1. The molecule has 0 radical (unpaired) electrons. The van der Waals surface area contributed by atoms with Crippen LogP contribution in [-0.2, 0) is 0 Å². The molecular formula is C22H29ClN6O2. The maximum Gasteiger partial charge on any atom is 0.321 e. The first-order chi connectivity index (χ1) is 15.0. The Bertz CT molecular complexity index is 926. The minimum atomic E-state index is -0.131. The maximum absolute atomic E-state index is 12.7. The number of hydrogen-bond donors (Lipinski definition) is 1. The Morgan fingerprint density at radius 3 is 2.42 bits per heavy atom. The average molecular weight is 445 g/mol. The number of nitrogens with zero attached hydrogens (tertiary/aromatic N) is 5. The number of halogens is 1. The lowest BCUT2D eigenvalue weighted by Gasteiger charge is -2.36. The van der Waals surface area contributed by atoms with Crippen LogP contribution in [0.2, 0.25) is 5.02 Å². The van der Waals surface area contributed by atoms with Gasteiger partial charge in [0.05, 0.1) is 12.1 Å². The number of nitrogens with one attached hydrogen (secondary N) is 1. The van der Waals surface area contributed by atoms with Crippen molar-refractivity contribution in [2.45, 2.75) is 26.2 Å². The van der Waals surface area contributed by atoms with Crippen LogP contribution in [-0.4, -0.2) is 67.3 Å². The van der Waals surface area contributed by atoms with E-state index < -0.39 is 0 Å². The van der Waals surface area contributed by atoms with Crippen molar-refractivity contribution in [3.05, 3.63) is 35.0 Å². The number of aryl methyl sites for hydroxylation is 1. The summed E-state index contributed by atoms with van der Waals surface area (Å²) < 4.78 is 5.16. The van der Waals surface area contributed by atoms with Crippen molar-refractivity contribution < 1.29 is 9.53 Å². The largest absolute Gasteiger partial charge is 0.495 e. The Morgan fingerprint density at radius 2 is 1.74 bits per heavy atom. The molecule has 166 valence electrons. The molecule has 0 spiro atoms. The van der Waals surface area contributed by atoms with E-state index in [1.807, 2.05) is 17.9 Å². The summed E-state index contributed by atoms with van der Waals surface area (Å²) in [6.07, 6.45) is 3.67. The van der Waals surface area contributed by atoms with Crippen LogP contribution in [0.3, 0.4) is 0 Å². The molecule has 2 saturated heterocycles. The molecule has 8 nitrogen and oxygen atoms in total. The number of carbonyl (C=O) groups is 1. The summed E-state index contributed by atoms with van der Waals surface area (Å²) >= 11 is 6.16. The molecule has 3 heterocycles. The first-order valence-corrected chi connectivity index (χ1v) is 11.2. The summed E-state index contributed by atoms with van der Waals surface area (Å²) in [5.74, 6) is 2.35. The monoisotopic (exact) mass is 444 g/mol. The highest BCUT2D eigenvalue weighted by Crippen LogP contribution is 2.27. The van der Waals surface area contributed by atoms with Gasteiger partial charge in [-0.05, 0) is 44.4 Å². The fourth-order valence-corrected chi connectivity index (χ4v) is 4.28. The van der Waals surface area contributed by atoms with Crippen LogP contribution in [0.15, 0.2) is 24.3 Å². The number of amides is 2. The molecule has 0 bridgehead atoms. The van der Waals surface area contributed by atoms with Crippen LogP contribution in [0.1, 0.15) is 25.0 Å². The number of hydrogen-bond acceptors (Lipinski definition) is 6. The van der Waals surface area contributed by atoms with Crippen molar-refractivity contribution >= 4 is 35.1 Å². The van der Waals surface area contributed by atoms with E-state index in [4.69, 9.17) is 21.3 Å². The average Bonchev–Trinajstić information content (AvgIpc) is 2.79. The van der Waals surface area contributed by atoms with Crippen LogP contribution in [0.5, 0.6) is 5.75 Å². The molecule has 2 aliphatic heterocycles. The van der Waals surface area contributed by atoms with E-state index >= 15 is 0 Å². The number of urea groups is 1. The van der Waals surface area contributed by atoms with E-state index in [2.05, 4.69) is 20.1 Å². The lowest BCUT2D eigenvalue weighted by molar-refractivity contribution is 0.208. The van der Waals surface area contributed by atoms with Gasteiger partial charge in [-0.15, -0.1) is 0 Å². The molecule has 1 N–H and O–H groups in total. The van der Waals surface area contributed by atoms with Gasteiger partial charge in [-0.25, -0.2) is 9.78 Å². The quantitative estimate of drug-likeness (QED) is 0.773. The summed E-state index contributed by atoms with van der Waals surface area (Å²) in [5.41, 5.74) is 1.62. The lowest BCUT2D eigenvalue weighted by atomic mass is 10.1. The molecule has 2 fully saturated rings. The third-order valence-electron chi connectivity index (χ3n) is 5.76. The third kappa shape index (κ3) is 5.12. The Labute approximate surface area is 188 Å². The lowest BCUT2D eigenvalue weighted by Crippen LogP contribution is -2.50. The van der Waals surface area contributed by atoms with Crippen LogP contribution < -0.4 is 19.9 Å². The molecule has 2 aliphatic rings. The maximum atomic E-state index is 12.7. The van der Waals surface area contributed by atoms with Gasteiger partial charge in [0, 0.05) is 56.7 Å².